The molecule has 10 heteroatoms. The lowest BCUT2D eigenvalue weighted by atomic mass is 9.98. The van der Waals surface area contributed by atoms with Crippen molar-refractivity contribution in [3.05, 3.63) is 75.7 Å². The zero-order chi connectivity index (χ0) is 24.8. The Labute approximate surface area is 211 Å². The number of ether oxygens (including phenoxy) is 1. The first-order valence-electron chi connectivity index (χ1n) is 11.0. The molecule has 1 atom stereocenters. The number of aromatic nitrogens is 1. The summed E-state index contributed by atoms with van der Waals surface area (Å²) in [5, 5.41) is 16.3. The van der Waals surface area contributed by atoms with E-state index in [0.717, 1.165) is 33.6 Å². The Morgan fingerprint density at radius 1 is 1.11 bits per heavy atom. The molecule has 1 aliphatic carbocycles. The van der Waals surface area contributed by atoms with Crippen molar-refractivity contribution in [2.75, 3.05) is 18.6 Å². The van der Waals surface area contributed by atoms with Gasteiger partial charge in [0.05, 0.1) is 6.54 Å². The standard InChI is InChI=1S/C25H25N3O5S2/c1-34-11-10-20(23(29)26-12-22-27-21(14-35-22)24(30)31)28-25(32)33-13-19-17-8-4-2-6-15(17)16-7-3-5-9-18(16)19/h2-9,14,19-20H,10-13H2,1H3,(H,26,29)(H,28,32)(H,30,31)/t20-/m1/s1. The van der Waals surface area contributed by atoms with Gasteiger partial charge in [0, 0.05) is 11.3 Å². The van der Waals surface area contributed by atoms with E-state index in [9.17, 15) is 14.4 Å². The van der Waals surface area contributed by atoms with Crippen molar-refractivity contribution in [1.82, 2.24) is 15.6 Å². The van der Waals surface area contributed by atoms with Crippen LogP contribution in [0, 0.1) is 0 Å². The lowest BCUT2D eigenvalue weighted by Gasteiger charge is -2.19. The summed E-state index contributed by atoms with van der Waals surface area (Å²) in [6.45, 7) is 0.243. The predicted molar refractivity (Wildman–Crippen MR) is 136 cm³/mol. The molecule has 0 fully saturated rings. The van der Waals surface area contributed by atoms with Crippen molar-refractivity contribution in [1.29, 1.82) is 0 Å². The van der Waals surface area contributed by atoms with E-state index in [2.05, 4.69) is 27.8 Å². The zero-order valence-electron chi connectivity index (χ0n) is 19.0. The van der Waals surface area contributed by atoms with E-state index >= 15 is 0 Å². The number of nitrogens with zero attached hydrogens (tertiary/aromatic N) is 1. The molecule has 4 rings (SSSR count). The number of hydrogen-bond acceptors (Lipinski definition) is 7. The van der Waals surface area contributed by atoms with E-state index in [-0.39, 0.29) is 30.7 Å². The zero-order valence-corrected chi connectivity index (χ0v) is 20.7. The van der Waals surface area contributed by atoms with Gasteiger partial charge in [0.1, 0.15) is 17.7 Å². The Morgan fingerprint density at radius 3 is 2.37 bits per heavy atom. The molecule has 0 saturated carbocycles. The first-order valence-corrected chi connectivity index (χ1v) is 13.3. The molecule has 2 amide bonds. The second-order valence-electron chi connectivity index (χ2n) is 7.95. The van der Waals surface area contributed by atoms with Gasteiger partial charge in [-0.2, -0.15) is 11.8 Å². The van der Waals surface area contributed by atoms with Gasteiger partial charge in [0.2, 0.25) is 5.91 Å². The van der Waals surface area contributed by atoms with Crippen LogP contribution >= 0.6 is 23.1 Å². The van der Waals surface area contributed by atoms with Gasteiger partial charge in [-0.05, 0) is 40.7 Å². The fourth-order valence-corrected chi connectivity index (χ4v) is 5.24. The summed E-state index contributed by atoms with van der Waals surface area (Å²) in [6.07, 6.45) is 1.69. The predicted octanol–water partition coefficient (Wildman–Crippen LogP) is 4.12. The van der Waals surface area contributed by atoms with Crippen LogP contribution < -0.4 is 10.6 Å². The van der Waals surface area contributed by atoms with Gasteiger partial charge >= 0.3 is 12.1 Å². The third kappa shape index (κ3) is 5.83. The van der Waals surface area contributed by atoms with Gasteiger partial charge in [-0.25, -0.2) is 14.6 Å². The molecule has 1 aliphatic rings. The van der Waals surface area contributed by atoms with Gasteiger partial charge in [-0.3, -0.25) is 4.79 Å². The van der Waals surface area contributed by atoms with Crippen LogP contribution in [0.3, 0.4) is 0 Å². The number of thiazole rings is 1. The van der Waals surface area contributed by atoms with Crippen LogP contribution in [0.2, 0.25) is 0 Å². The Morgan fingerprint density at radius 2 is 1.77 bits per heavy atom. The maximum absolute atomic E-state index is 12.8. The highest BCUT2D eigenvalue weighted by Crippen LogP contribution is 2.44. The van der Waals surface area contributed by atoms with E-state index in [1.807, 2.05) is 42.7 Å². The van der Waals surface area contributed by atoms with Crippen LogP contribution in [0.5, 0.6) is 0 Å². The Kier molecular flexibility index (Phi) is 8.04. The quantitative estimate of drug-likeness (QED) is 0.375. The summed E-state index contributed by atoms with van der Waals surface area (Å²) >= 11 is 2.72. The second-order valence-corrected chi connectivity index (χ2v) is 9.88. The van der Waals surface area contributed by atoms with Gasteiger partial charge in [0.15, 0.2) is 5.69 Å². The molecule has 3 aromatic rings. The third-order valence-corrected chi connectivity index (χ3v) is 7.24. The van der Waals surface area contributed by atoms with Crippen molar-refractivity contribution in [2.45, 2.75) is 24.9 Å². The molecule has 3 N–H and O–H groups in total. The number of benzene rings is 2. The fraction of sp³-hybridized carbons (Fsp3) is 0.280. The van der Waals surface area contributed by atoms with E-state index < -0.39 is 18.1 Å². The van der Waals surface area contributed by atoms with Crippen molar-refractivity contribution in [2.24, 2.45) is 0 Å². The average Bonchev–Trinajstić information content (AvgIpc) is 3.47. The molecule has 1 aromatic heterocycles. The normalized spacial score (nSPS) is 12.9. The van der Waals surface area contributed by atoms with Gasteiger partial charge in [0.25, 0.3) is 0 Å². The maximum atomic E-state index is 12.8. The lowest BCUT2D eigenvalue weighted by Crippen LogP contribution is -2.47. The number of thioether (sulfide) groups is 1. The molecular formula is C25H25N3O5S2. The van der Waals surface area contributed by atoms with Crippen molar-refractivity contribution in [3.8, 4) is 11.1 Å². The number of carboxylic acid groups (broad SMARTS) is 1. The number of rotatable bonds is 10. The van der Waals surface area contributed by atoms with E-state index in [4.69, 9.17) is 9.84 Å². The minimum Gasteiger partial charge on any atom is -0.476 e. The van der Waals surface area contributed by atoms with Crippen LogP contribution in [0.25, 0.3) is 11.1 Å². The molecule has 0 bridgehead atoms. The van der Waals surface area contributed by atoms with Crippen LogP contribution in [0.15, 0.2) is 53.9 Å². The monoisotopic (exact) mass is 511 g/mol. The van der Waals surface area contributed by atoms with Gasteiger partial charge in [-0.15, -0.1) is 11.3 Å². The molecular weight excluding hydrogens is 486 g/mol. The summed E-state index contributed by atoms with van der Waals surface area (Å²) < 4.78 is 5.58. The molecule has 182 valence electrons. The maximum Gasteiger partial charge on any atom is 0.407 e. The minimum absolute atomic E-state index is 0.0602. The fourth-order valence-electron chi connectivity index (χ4n) is 4.06. The van der Waals surface area contributed by atoms with Crippen LogP contribution in [0.4, 0.5) is 4.79 Å². The van der Waals surface area contributed by atoms with Crippen LogP contribution in [0.1, 0.15) is 39.0 Å². The number of carbonyl (C=O) groups is 3. The number of alkyl carbamates (subject to hydrolysis) is 1. The number of fused-ring (bicyclic) bond motifs is 3. The summed E-state index contributed by atoms with van der Waals surface area (Å²) in [6, 6.07) is 15.4. The number of amides is 2. The molecule has 2 aromatic carbocycles. The van der Waals surface area contributed by atoms with Crippen molar-refractivity contribution < 1.29 is 24.2 Å². The second kappa shape index (κ2) is 11.4. The average molecular weight is 512 g/mol. The first kappa shape index (κ1) is 24.7. The van der Waals surface area contributed by atoms with E-state index in [1.165, 1.54) is 5.38 Å². The molecule has 0 radical (unpaired) electrons. The summed E-state index contributed by atoms with van der Waals surface area (Å²) in [5.74, 6) is -0.893. The molecule has 0 unspecified atom stereocenters. The highest BCUT2D eigenvalue weighted by Gasteiger charge is 2.29. The highest BCUT2D eigenvalue weighted by molar-refractivity contribution is 7.98. The number of carbonyl (C=O) groups excluding carboxylic acids is 2. The van der Waals surface area contributed by atoms with Crippen LogP contribution in [-0.4, -0.2) is 52.7 Å². The molecule has 35 heavy (non-hydrogen) atoms. The molecule has 0 saturated heterocycles. The van der Waals surface area contributed by atoms with Crippen molar-refractivity contribution >= 4 is 41.1 Å². The Bertz CT molecular complexity index is 1180. The minimum atomic E-state index is -1.12. The number of aromatic carboxylic acids is 1. The molecule has 0 spiro atoms. The summed E-state index contributed by atoms with van der Waals surface area (Å²) in [7, 11) is 0. The third-order valence-electron chi connectivity index (χ3n) is 5.75. The Balaban J connectivity index is 1.36. The highest BCUT2D eigenvalue weighted by atomic mass is 32.2. The number of nitrogens with one attached hydrogen (secondary N) is 2. The first-order chi connectivity index (χ1) is 17.0. The number of carboxylic acids is 1. The summed E-state index contributed by atoms with van der Waals surface area (Å²) in [4.78, 5) is 40.4. The number of hydrogen-bond donors (Lipinski definition) is 3. The topological polar surface area (TPSA) is 118 Å². The molecule has 0 aliphatic heterocycles. The summed E-state index contributed by atoms with van der Waals surface area (Å²) in [5.41, 5.74) is 4.45. The smallest absolute Gasteiger partial charge is 0.407 e. The lowest BCUT2D eigenvalue weighted by molar-refractivity contribution is -0.123. The van der Waals surface area contributed by atoms with Crippen LogP contribution in [-0.2, 0) is 16.1 Å². The Hall–Kier alpha value is -3.37. The van der Waals surface area contributed by atoms with Gasteiger partial charge < -0.3 is 20.5 Å². The molecule has 1 heterocycles. The largest absolute Gasteiger partial charge is 0.476 e. The van der Waals surface area contributed by atoms with Gasteiger partial charge in [-0.1, -0.05) is 48.5 Å². The van der Waals surface area contributed by atoms with Crippen molar-refractivity contribution in [3.63, 3.8) is 0 Å². The van der Waals surface area contributed by atoms with E-state index in [1.54, 1.807) is 11.8 Å². The molecule has 8 nitrogen and oxygen atoms in total. The van der Waals surface area contributed by atoms with E-state index in [0.29, 0.717) is 17.2 Å². The SMILES string of the molecule is CSCC[C@@H](NC(=O)OCC1c2ccccc2-c2ccccc21)C(=O)NCc1nc(C(=O)O)cs1.